The van der Waals surface area contributed by atoms with Crippen LogP contribution in [-0.2, 0) is 18.2 Å². The lowest BCUT2D eigenvalue weighted by Gasteiger charge is -2.21. The summed E-state index contributed by atoms with van der Waals surface area (Å²) < 4.78 is 39.8. The highest BCUT2D eigenvalue weighted by Gasteiger charge is 2.23. The summed E-state index contributed by atoms with van der Waals surface area (Å²) in [5, 5.41) is 0.387. The molecule has 0 bridgehead atoms. The minimum atomic E-state index is -1.41. The van der Waals surface area contributed by atoms with Crippen molar-refractivity contribution in [2.75, 3.05) is 17.8 Å². The first-order valence-corrected chi connectivity index (χ1v) is 11.3. The molecule has 1 N–H and O–H groups in total. The largest absolute Gasteiger partial charge is 0.454 e. The van der Waals surface area contributed by atoms with Crippen molar-refractivity contribution >= 4 is 27.8 Å². The molecule has 3 aromatic rings. The van der Waals surface area contributed by atoms with Gasteiger partial charge in [0.05, 0.1) is 22.9 Å². The van der Waals surface area contributed by atoms with E-state index in [0.717, 1.165) is 25.9 Å². The first-order chi connectivity index (χ1) is 14.8. The van der Waals surface area contributed by atoms with Crippen molar-refractivity contribution in [1.82, 2.24) is 13.9 Å². The van der Waals surface area contributed by atoms with Crippen LogP contribution in [0.4, 0.5) is 10.1 Å². The third-order valence-corrected chi connectivity index (χ3v) is 6.56. The minimum Gasteiger partial charge on any atom is -0.454 e. The predicted molar refractivity (Wildman–Crippen MR) is 120 cm³/mol. The fourth-order valence-corrected chi connectivity index (χ4v) is 4.81. The van der Waals surface area contributed by atoms with E-state index in [1.165, 1.54) is 17.0 Å². The highest BCUT2D eigenvalue weighted by Crippen LogP contribution is 2.39. The van der Waals surface area contributed by atoms with E-state index < -0.39 is 17.0 Å². The van der Waals surface area contributed by atoms with E-state index in [-0.39, 0.29) is 17.2 Å². The highest BCUT2D eigenvalue weighted by molar-refractivity contribution is 7.84. The van der Waals surface area contributed by atoms with Crippen molar-refractivity contribution in [1.29, 1.82) is 0 Å². The average Bonchev–Trinajstić information content (AvgIpc) is 3.28. The Morgan fingerprint density at radius 3 is 2.65 bits per heavy atom. The van der Waals surface area contributed by atoms with Crippen molar-refractivity contribution in [3.8, 4) is 11.5 Å². The van der Waals surface area contributed by atoms with Gasteiger partial charge in [-0.25, -0.2) is 17.9 Å². The van der Waals surface area contributed by atoms with E-state index in [0.29, 0.717) is 27.9 Å². The summed E-state index contributed by atoms with van der Waals surface area (Å²) in [4.78, 5) is 16.6. The van der Waals surface area contributed by atoms with Gasteiger partial charge in [-0.05, 0) is 49.1 Å². The van der Waals surface area contributed by atoms with Gasteiger partial charge >= 0.3 is 0 Å². The Kier molecular flexibility index (Phi) is 6.06. The monoisotopic (exact) mass is 444 g/mol. The van der Waals surface area contributed by atoms with Crippen molar-refractivity contribution < 1.29 is 13.3 Å². The van der Waals surface area contributed by atoms with Crippen LogP contribution in [0.25, 0.3) is 10.9 Å². The third-order valence-electron chi connectivity index (χ3n) is 5.33. The van der Waals surface area contributed by atoms with E-state index in [2.05, 4.69) is 9.71 Å². The first-order valence-electron chi connectivity index (χ1n) is 10.2. The molecule has 164 valence electrons. The number of ether oxygens (including phenoxy) is 1. The lowest BCUT2D eigenvalue weighted by molar-refractivity contribution is 0.434. The second kappa shape index (κ2) is 8.76. The van der Waals surface area contributed by atoms with Crippen LogP contribution in [0.2, 0.25) is 0 Å². The topological polar surface area (TPSA) is 76.5 Å². The van der Waals surface area contributed by atoms with Crippen LogP contribution < -0.4 is 15.0 Å². The summed E-state index contributed by atoms with van der Waals surface area (Å²) >= 11 is -1.41. The standard InChI is InChI=1S/C22H25FN4O3S/c1-14(2)20-19(25-31(29)27-10-4-5-11-27)9-7-17(23)21(20)30-15-6-8-18-16(12-15)22(28)26(3)13-24-18/h6-9,12-14,25H,4-5,10-11H2,1-3H3. The molecule has 1 aromatic heterocycles. The number of halogens is 1. The summed E-state index contributed by atoms with van der Waals surface area (Å²) in [7, 11) is 1.62. The quantitative estimate of drug-likeness (QED) is 0.622. The van der Waals surface area contributed by atoms with Crippen molar-refractivity contribution in [2.45, 2.75) is 32.6 Å². The van der Waals surface area contributed by atoms with E-state index >= 15 is 0 Å². The van der Waals surface area contributed by atoms with Crippen LogP contribution in [0.5, 0.6) is 11.5 Å². The van der Waals surface area contributed by atoms with Crippen LogP contribution in [0.3, 0.4) is 0 Å². The number of hydrogen-bond acceptors (Lipinski definition) is 4. The average molecular weight is 445 g/mol. The van der Waals surface area contributed by atoms with Crippen molar-refractivity contribution in [3.05, 3.63) is 58.4 Å². The summed E-state index contributed by atoms with van der Waals surface area (Å²) in [6.07, 6.45) is 3.48. The van der Waals surface area contributed by atoms with Gasteiger partial charge in [0.15, 0.2) is 22.7 Å². The molecule has 0 amide bonds. The number of fused-ring (bicyclic) bond motifs is 1. The lowest BCUT2D eigenvalue weighted by atomic mass is 10.00. The molecule has 2 aromatic carbocycles. The zero-order valence-corrected chi connectivity index (χ0v) is 18.5. The molecule has 1 aliphatic heterocycles. The molecule has 2 heterocycles. The summed E-state index contributed by atoms with van der Waals surface area (Å²) in [6.45, 7) is 5.37. The minimum absolute atomic E-state index is 0.0542. The molecule has 9 heteroatoms. The fourth-order valence-electron chi connectivity index (χ4n) is 3.72. The molecular weight excluding hydrogens is 419 g/mol. The maximum atomic E-state index is 14.9. The van der Waals surface area contributed by atoms with Crippen LogP contribution in [0.15, 0.2) is 41.5 Å². The number of aromatic nitrogens is 2. The van der Waals surface area contributed by atoms with Crippen molar-refractivity contribution in [2.24, 2.45) is 7.05 Å². The molecule has 7 nitrogen and oxygen atoms in total. The number of nitrogens with one attached hydrogen (secondary N) is 1. The molecule has 1 atom stereocenters. The van der Waals surface area contributed by atoms with E-state index in [1.807, 2.05) is 18.2 Å². The first kappa shape index (κ1) is 21.5. The van der Waals surface area contributed by atoms with Gasteiger partial charge in [0.2, 0.25) is 0 Å². The Morgan fingerprint density at radius 1 is 1.19 bits per heavy atom. The molecule has 0 saturated carbocycles. The van der Waals surface area contributed by atoms with Crippen molar-refractivity contribution in [3.63, 3.8) is 0 Å². The molecular formula is C22H25FN4O3S. The van der Waals surface area contributed by atoms with Gasteiger partial charge in [-0.15, -0.1) is 0 Å². The number of anilines is 1. The summed E-state index contributed by atoms with van der Waals surface area (Å²) in [5.74, 6) is -0.242. The van der Waals surface area contributed by atoms with Crippen LogP contribution >= 0.6 is 0 Å². The fraction of sp³-hybridized carbons (Fsp3) is 0.364. The number of nitrogens with zero attached hydrogens (tertiary/aromatic N) is 3. The zero-order valence-electron chi connectivity index (χ0n) is 17.7. The van der Waals surface area contributed by atoms with Gasteiger partial charge < -0.3 is 9.30 Å². The maximum absolute atomic E-state index is 14.9. The molecule has 1 aliphatic rings. The molecule has 4 rings (SSSR count). The van der Waals surface area contributed by atoms with Gasteiger partial charge in [0.25, 0.3) is 5.56 Å². The van der Waals surface area contributed by atoms with E-state index in [1.54, 1.807) is 31.3 Å². The highest BCUT2D eigenvalue weighted by atomic mass is 32.2. The molecule has 31 heavy (non-hydrogen) atoms. The SMILES string of the molecule is CC(C)c1c(NS(=O)N2CCCC2)ccc(F)c1Oc1ccc2ncn(C)c(=O)c2c1. The van der Waals surface area contributed by atoms with E-state index in [9.17, 15) is 13.4 Å². The molecule has 1 saturated heterocycles. The van der Waals surface area contributed by atoms with Gasteiger partial charge in [-0.3, -0.25) is 9.52 Å². The Bertz CT molecular complexity index is 1210. The Labute approximate surface area is 182 Å². The second-order valence-electron chi connectivity index (χ2n) is 7.92. The number of benzene rings is 2. The zero-order chi connectivity index (χ0) is 22.1. The summed E-state index contributed by atoms with van der Waals surface area (Å²) in [6, 6.07) is 7.78. The number of aryl methyl sites for hydroxylation is 1. The van der Waals surface area contributed by atoms with Crippen LogP contribution in [0, 0.1) is 5.82 Å². The van der Waals surface area contributed by atoms with Gasteiger partial charge in [-0.1, -0.05) is 13.8 Å². The Balaban J connectivity index is 1.72. The third kappa shape index (κ3) is 4.33. The number of rotatable bonds is 6. The summed E-state index contributed by atoms with van der Waals surface area (Å²) in [5.41, 5.74) is 1.48. The van der Waals surface area contributed by atoms with Gasteiger partial charge in [-0.2, -0.15) is 0 Å². The lowest BCUT2D eigenvalue weighted by Crippen LogP contribution is -2.27. The second-order valence-corrected chi connectivity index (χ2v) is 9.14. The predicted octanol–water partition coefficient (Wildman–Crippen LogP) is 4.07. The van der Waals surface area contributed by atoms with Crippen LogP contribution in [-0.4, -0.2) is 31.2 Å². The number of hydrogen-bond donors (Lipinski definition) is 1. The van der Waals surface area contributed by atoms with E-state index in [4.69, 9.17) is 4.74 Å². The molecule has 0 spiro atoms. The molecule has 1 fully saturated rings. The van der Waals surface area contributed by atoms with Gasteiger partial charge in [0, 0.05) is 25.7 Å². The Hall–Kier alpha value is -2.78. The Morgan fingerprint density at radius 2 is 1.94 bits per heavy atom. The van der Waals surface area contributed by atoms with Gasteiger partial charge in [0.1, 0.15) is 5.75 Å². The maximum Gasteiger partial charge on any atom is 0.261 e. The normalized spacial score (nSPS) is 15.5. The molecule has 0 radical (unpaired) electrons. The molecule has 1 unspecified atom stereocenters. The van der Waals surface area contributed by atoms with Crippen LogP contribution in [0.1, 0.15) is 38.2 Å². The molecule has 0 aliphatic carbocycles. The smallest absolute Gasteiger partial charge is 0.261 e.